The van der Waals surface area contributed by atoms with Crippen molar-refractivity contribution in [3.8, 4) is 0 Å². The second-order valence-corrected chi connectivity index (χ2v) is 5.41. The molecular formula is C12H19N5O2. The Labute approximate surface area is 110 Å². The van der Waals surface area contributed by atoms with Crippen LogP contribution >= 0.6 is 0 Å². The van der Waals surface area contributed by atoms with E-state index in [0.717, 1.165) is 0 Å². The number of aromatic nitrogens is 4. The van der Waals surface area contributed by atoms with Crippen LogP contribution in [0.15, 0.2) is 11.1 Å². The molecule has 2 N–H and O–H groups in total. The van der Waals surface area contributed by atoms with Gasteiger partial charge in [-0.25, -0.2) is 4.98 Å². The van der Waals surface area contributed by atoms with E-state index in [0.29, 0.717) is 23.7 Å². The Morgan fingerprint density at radius 3 is 2.68 bits per heavy atom. The lowest BCUT2D eigenvalue weighted by Crippen LogP contribution is -2.34. The summed E-state index contributed by atoms with van der Waals surface area (Å²) < 4.78 is 3.26. The first-order valence-electron chi connectivity index (χ1n) is 6.15. The SMILES string of the molecule is Cn1c(NCCO)nc2ncn(C(C)(C)C)c(=O)c21. The van der Waals surface area contributed by atoms with Gasteiger partial charge in [-0.15, -0.1) is 0 Å². The molecule has 7 heteroatoms. The quantitative estimate of drug-likeness (QED) is 0.833. The summed E-state index contributed by atoms with van der Waals surface area (Å²) in [6, 6.07) is 0. The molecule has 0 spiro atoms. The first-order chi connectivity index (χ1) is 8.86. The number of aliphatic hydroxyl groups excluding tert-OH is 1. The molecule has 0 saturated heterocycles. The Bertz CT molecular complexity index is 650. The normalized spacial score (nSPS) is 12.1. The summed E-state index contributed by atoms with van der Waals surface area (Å²) in [5.74, 6) is 0.528. The van der Waals surface area contributed by atoms with Crippen molar-refractivity contribution in [1.29, 1.82) is 0 Å². The zero-order chi connectivity index (χ0) is 14.2. The van der Waals surface area contributed by atoms with Crippen LogP contribution in [0.1, 0.15) is 20.8 Å². The van der Waals surface area contributed by atoms with Gasteiger partial charge >= 0.3 is 0 Å². The molecule has 0 radical (unpaired) electrons. The maximum atomic E-state index is 12.5. The number of aryl methyl sites for hydroxylation is 1. The summed E-state index contributed by atoms with van der Waals surface area (Å²) in [5.41, 5.74) is 0.414. The number of fused-ring (bicyclic) bond motifs is 1. The van der Waals surface area contributed by atoms with Crippen LogP contribution < -0.4 is 10.9 Å². The molecule has 7 nitrogen and oxygen atoms in total. The average Bonchev–Trinajstić information content (AvgIpc) is 2.63. The molecule has 0 aliphatic carbocycles. The van der Waals surface area contributed by atoms with Gasteiger partial charge in [0.2, 0.25) is 5.95 Å². The number of anilines is 1. The summed E-state index contributed by atoms with van der Waals surface area (Å²) in [5, 5.41) is 11.8. The Kier molecular flexibility index (Phi) is 3.32. The zero-order valence-corrected chi connectivity index (χ0v) is 11.6. The lowest BCUT2D eigenvalue weighted by atomic mass is 10.1. The van der Waals surface area contributed by atoms with E-state index in [4.69, 9.17) is 5.11 Å². The van der Waals surface area contributed by atoms with Crippen molar-refractivity contribution >= 4 is 17.1 Å². The molecule has 0 aliphatic heterocycles. The van der Waals surface area contributed by atoms with Crippen molar-refractivity contribution in [1.82, 2.24) is 19.1 Å². The average molecular weight is 265 g/mol. The third kappa shape index (κ3) is 2.33. The molecule has 2 rings (SSSR count). The fraction of sp³-hybridized carbons (Fsp3) is 0.583. The van der Waals surface area contributed by atoms with Crippen molar-refractivity contribution in [3.63, 3.8) is 0 Å². The van der Waals surface area contributed by atoms with Gasteiger partial charge in [0.15, 0.2) is 11.2 Å². The van der Waals surface area contributed by atoms with E-state index in [1.807, 2.05) is 20.8 Å². The molecule has 0 aliphatic rings. The van der Waals surface area contributed by atoms with Crippen LogP contribution in [0.2, 0.25) is 0 Å². The first-order valence-corrected chi connectivity index (χ1v) is 6.15. The van der Waals surface area contributed by atoms with Crippen LogP contribution in [0.3, 0.4) is 0 Å². The van der Waals surface area contributed by atoms with Gasteiger partial charge in [0.25, 0.3) is 5.56 Å². The van der Waals surface area contributed by atoms with E-state index < -0.39 is 0 Å². The lowest BCUT2D eigenvalue weighted by Gasteiger charge is -2.21. The van der Waals surface area contributed by atoms with Crippen LogP contribution in [0.4, 0.5) is 5.95 Å². The second kappa shape index (κ2) is 4.65. The molecule has 0 fully saturated rings. The van der Waals surface area contributed by atoms with E-state index in [1.54, 1.807) is 16.2 Å². The predicted octanol–water partition coefficient (Wildman–Crippen LogP) is 0.289. The third-order valence-corrected chi connectivity index (χ3v) is 2.91. The molecule has 2 aromatic rings. The molecular weight excluding hydrogens is 246 g/mol. The summed E-state index contributed by atoms with van der Waals surface area (Å²) in [6.07, 6.45) is 1.52. The van der Waals surface area contributed by atoms with Crippen molar-refractivity contribution in [2.75, 3.05) is 18.5 Å². The highest BCUT2D eigenvalue weighted by Crippen LogP contribution is 2.15. The number of nitrogens with one attached hydrogen (secondary N) is 1. The van der Waals surface area contributed by atoms with Gasteiger partial charge in [-0.2, -0.15) is 4.98 Å². The summed E-state index contributed by atoms with van der Waals surface area (Å²) >= 11 is 0. The zero-order valence-electron chi connectivity index (χ0n) is 11.6. The molecule has 0 aromatic carbocycles. The standard InChI is InChI=1S/C12H19N5O2/c1-12(2,3)17-7-14-9-8(10(17)19)16(4)11(15-9)13-5-6-18/h7,18H,5-6H2,1-4H3,(H,13,15). The summed E-state index contributed by atoms with van der Waals surface area (Å²) in [4.78, 5) is 20.9. The van der Waals surface area contributed by atoms with Crippen LogP contribution in [0.25, 0.3) is 11.2 Å². The minimum atomic E-state index is -0.332. The van der Waals surface area contributed by atoms with E-state index in [1.165, 1.54) is 6.33 Å². The van der Waals surface area contributed by atoms with Crippen molar-refractivity contribution in [2.24, 2.45) is 7.05 Å². The van der Waals surface area contributed by atoms with Gasteiger partial charge in [-0.3, -0.25) is 9.36 Å². The van der Waals surface area contributed by atoms with Gasteiger partial charge in [0.05, 0.1) is 6.61 Å². The number of hydrogen-bond donors (Lipinski definition) is 2. The fourth-order valence-corrected chi connectivity index (χ4v) is 1.90. The predicted molar refractivity (Wildman–Crippen MR) is 73.3 cm³/mol. The highest BCUT2D eigenvalue weighted by molar-refractivity contribution is 5.73. The number of aliphatic hydroxyl groups is 1. The molecule has 19 heavy (non-hydrogen) atoms. The van der Waals surface area contributed by atoms with E-state index >= 15 is 0 Å². The van der Waals surface area contributed by atoms with Gasteiger partial charge < -0.3 is 15.0 Å². The Morgan fingerprint density at radius 1 is 1.42 bits per heavy atom. The Hall–Kier alpha value is -1.89. The number of rotatable bonds is 3. The maximum Gasteiger partial charge on any atom is 0.280 e. The highest BCUT2D eigenvalue weighted by atomic mass is 16.3. The van der Waals surface area contributed by atoms with Crippen molar-refractivity contribution in [3.05, 3.63) is 16.7 Å². The number of nitrogens with zero attached hydrogens (tertiary/aromatic N) is 4. The van der Waals surface area contributed by atoms with Gasteiger partial charge in [0.1, 0.15) is 6.33 Å². The molecule has 2 aromatic heterocycles. The largest absolute Gasteiger partial charge is 0.395 e. The summed E-state index contributed by atoms with van der Waals surface area (Å²) in [7, 11) is 1.76. The summed E-state index contributed by atoms with van der Waals surface area (Å²) in [6.45, 7) is 6.23. The molecule has 0 amide bonds. The minimum absolute atomic E-state index is 0.00283. The topological polar surface area (TPSA) is 85.0 Å². The fourth-order valence-electron chi connectivity index (χ4n) is 1.90. The Morgan fingerprint density at radius 2 is 2.11 bits per heavy atom. The van der Waals surface area contributed by atoms with Gasteiger partial charge in [-0.1, -0.05) is 0 Å². The molecule has 0 bridgehead atoms. The molecule has 0 saturated carbocycles. The molecule has 0 unspecified atom stereocenters. The van der Waals surface area contributed by atoms with Crippen LogP contribution in [-0.4, -0.2) is 37.4 Å². The van der Waals surface area contributed by atoms with Crippen LogP contribution in [-0.2, 0) is 12.6 Å². The van der Waals surface area contributed by atoms with E-state index in [2.05, 4.69) is 15.3 Å². The maximum absolute atomic E-state index is 12.5. The third-order valence-electron chi connectivity index (χ3n) is 2.91. The highest BCUT2D eigenvalue weighted by Gasteiger charge is 2.19. The van der Waals surface area contributed by atoms with E-state index in [-0.39, 0.29) is 17.7 Å². The van der Waals surface area contributed by atoms with Crippen molar-refractivity contribution < 1.29 is 5.11 Å². The van der Waals surface area contributed by atoms with Crippen LogP contribution in [0, 0.1) is 0 Å². The smallest absolute Gasteiger partial charge is 0.280 e. The van der Waals surface area contributed by atoms with Crippen molar-refractivity contribution in [2.45, 2.75) is 26.3 Å². The minimum Gasteiger partial charge on any atom is -0.395 e. The molecule has 0 atom stereocenters. The lowest BCUT2D eigenvalue weighted by molar-refractivity contribution is 0.310. The number of imidazole rings is 1. The number of hydrogen-bond acceptors (Lipinski definition) is 5. The van der Waals surface area contributed by atoms with Gasteiger partial charge in [-0.05, 0) is 20.8 Å². The molecule has 2 heterocycles. The second-order valence-electron chi connectivity index (χ2n) is 5.41. The van der Waals surface area contributed by atoms with Gasteiger partial charge in [0, 0.05) is 19.1 Å². The van der Waals surface area contributed by atoms with E-state index in [9.17, 15) is 4.79 Å². The Balaban J connectivity index is 2.63. The monoisotopic (exact) mass is 265 g/mol. The molecule has 104 valence electrons. The first kappa shape index (κ1) is 13.5. The van der Waals surface area contributed by atoms with Crippen LogP contribution in [0.5, 0.6) is 0 Å².